The predicted molar refractivity (Wildman–Crippen MR) is 86.5 cm³/mol. The molecular weight excluding hydrogens is 292 g/mol. The lowest BCUT2D eigenvalue weighted by Crippen LogP contribution is -2.14. The van der Waals surface area contributed by atoms with Crippen molar-refractivity contribution in [3.63, 3.8) is 0 Å². The first-order chi connectivity index (χ1) is 10.9. The summed E-state index contributed by atoms with van der Waals surface area (Å²) in [5.74, 6) is -0.300. The fraction of sp³-hybridized carbons (Fsp3) is 0.588. The molecule has 6 heteroatoms. The summed E-state index contributed by atoms with van der Waals surface area (Å²) < 4.78 is 8.78. The second-order valence-electron chi connectivity index (χ2n) is 7.12. The van der Waals surface area contributed by atoms with Crippen molar-refractivity contribution in [1.82, 2.24) is 19.6 Å². The Morgan fingerprint density at radius 1 is 1.35 bits per heavy atom. The van der Waals surface area contributed by atoms with Crippen LogP contribution in [0.25, 0.3) is 0 Å². The van der Waals surface area contributed by atoms with Crippen LogP contribution in [0.4, 0.5) is 0 Å². The zero-order valence-corrected chi connectivity index (χ0v) is 14.3. The van der Waals surface area contributed by atoms with Crippen LogP contribution in [-0.2, 0) is 29.7 Å². The van der Waals surface area contributed by atoms with E-state index in [-0.39, 0.29) is 11.4 Å². The van der Waals surface area contributed by atoms with Crippen LogP contribution in [0.15, 0.2) is 12.4 Å². The largest absolute Gasteiger partial charge is 0.465 e. The Bertz CT molecular complexity index is 722. The third kappa shape index (κ3) is 3.02. The minimum atomic E-state index is -0.300. The van der Waals surface area contributed by atoms with Gasteiger partial charge in [-0.15, -0.1) is 0 Å². The molecule has 0 atom stereocenters. The van der Waals surface area contributed by atoms with E-state index in [4.69, 9.17) is 4.74 Å². The number of hydrogen-bond donors (Lipinski definition) is 0. The van der Waals surface area contributed by atoms with E-state index in [1.807, 2.05) is 21.8 Å². The van der Waals surface area contributed by atoms with Gasteiger partial charge in [-0.05, 0) is 30.2 Å². The van der Waals surface area contributed by atoms with Gasteiger partial charge in [-0.25, -0.2) is 4.79 Å². The zero-order valence-electron chi connectivity index (χ0n) is 14.3. The molecule has 2 aromatic heterocycles. The van der Waals surface area contributed by atoms with Crippen molar-refractivity contribution in [2.75, 3.05) is 7.11 Å². The smallest absolute Gasteiger partial charge is 0.341 e. The Morgan fingerprint density at radius 2 is 2.13 bits per heavy atom. The van der Waals surface area contributed by atoms with Gasteiger partial charge in [-0.1, -0.05) is 20.8 Å². The second-order valence-corrected chi connectivity index (χ2v) is 7.12. The average Bonchev–Trinajstić information content (AvgIpc) is 3.10. The Hall–Kier alpha value is -2.11. The molecular formula is C17H24N4O2. The maximum absolute atomic E-state index is 12.2. The molecule has 3 rings (SSSR count). The van der Waals surface area contributed by atoms with Gasteiger partial charge in [0.25, 0.3) is 0 Å². The Balaban J connectivity index is 1.95. The van der Waals surface area contributed by atoms with Gasteiger partial charge < -0.3 is 4.74 Å². The summed E-state index contributed by atoms with van der Waals surface area (Å²) in [4.78, 5) is 12.2. The highest BCUT2D eigenvalue weighted by Crippen LogP contribution is 2.24. The highest BCUT2D eigenvalue weighted by Gasteiger charge is 2.26. The second kappa shape index (κ2) is 5.83. The molecule has 0 N–H and O–H groups in total. The van der Waals surface area contributed by atoms with E-state index in [1.165, 1.54) is 12.7 Å². The van der Waals surface area contributed by atoms with Gasteiger partial charge in [0.15, 0.2) is 0 Å². The lowest BCUT2D eigenvalue weighted by Gasteiger charge is -2.15. The normalized spacial score (nSPS) is 14.6. The van der Waals surface area contributed by atoms with Crippen LogP contribution < -0.4 is 0 Å². The number of ether oxygens (including phenoxy) is 1. The van der Waals surface area contributed by atoms with Crippen LogP contribution in [0.5, 0.6) is 0 Å². The highest BCUT2D eigenvalue weighted by molar-refractivity contribution is 5.92. The predicted octanol–water partition coefficient (Wildman–Crippen LogP) is 2.55. The average molecular weight is 316 g/mol. The number of carbonyl (C=O) groups is 1. The van der Waals surface area contributed by atoms with Crippen LogP contribution in [-0.4, -0.2) is 32.6 Å². The fourth-order valence-electron chi connectivity index (χ4n) is 2.98. The van der Waals surface area contributed by atoms with Crippen LogP contribution in [0, 0.1) is 0 Å². The molecule has 1 aliphatic heterocycles. The van der Waals surface area contributed by atoms with Gasteiger partial charge in [0.1, 0.15) is 5.56 Å². The number of carbonyl (C=O) groups excluding carboxylic acids is 1. The lowest BCUT2D eigenvalue weighted by atomic mass is 9.90. The van der Waals surface area contributed by atoms with Crippen LogP contribution in [0.1, 0.15) is 60.9 Å². The topological polar surface area (TPSA) is 61.9 Å². The summed E-state index contributed by atoms with van der Waals surface area (Å²) in [6.45, 7) is 7.82. The third-order valence-corrected chi connectivity index (χ3v) is 4.36. The number of esters is 1. The summed E-state index contributed by atoms with van der Waals surface area (Å²) >= 11 is 0. The molecule has 124 valence electrons. The lowest BCUT2D eigenvalue weighted by molar-refractivity contribution is 0.0597. The van der Waals surface area contributed by atoms with Crippen molar-refractivity contribution in [3.8, 4) is 0 Å². The summed E-state index contributed by atoms with van der Waals surface area (Å²) in [5, 5.41) is 9.07. The van der Waals surface area contributed by atoms with E-state index in [9.17, 15) is 4.79 Å². The van der Waals surface area contributed by atoms with Crippen molar-refractivity contribution in [1.29, 1.82) is 0 Å². The minimum absolute atomic E-state index is 0.0524. The third-order valence-electron chi connectivity index (χ3n) is 4.36. The van der Waals surface area contributed by atoms with Gasteiger partial charge >= 0.3 is 5.97 Å². The van der Waals surface area contributed by atoms with E-state index in [0.29, 0.717) is 12.1 Å². The van der Waals surface area contributed by atoms with Gasteiger partial charge in [-0.2, -0.15) is 10.2 Å². The molecule has 6 nitrogen and oxygen atoms in total. The van der Waals surface area contributed by atoms with Crippen molar-refractivity contribution >= 4 is 5.97 Å². The van der Waals surface area contributed by atoms with Gasteiger partial charge in [-0.3, -0.25) is 9.36 Å². The summed E-state index contributed by atoms with van der Waals surface area (Å²) in [6, 6.07) is 0. The number of aromatic nitrogens is 4. The van der Waals surface area contributed by atoms with Crippen LogP contribution in [0.3, 0.4) is 0 Å². The molecule has 0 unspecified atom stereocenters. The van der Waals surface area contributed by atoms with Crippen LogP contribution >= 0.6 is 0 Å². The maximum Gasteiger partial charge on any atom is 0.341 e. The summed E-state index contributed by atoms with van der Waals surface area (Å²) in [5.41, 5.74) is 3.59. The van der Waals surface area contributed by atoms with E-state index in [0.717, 1.165) is 37.2 Å². The van der Waals surface area contributed by atoms with Gasteiger partial charge in [0.2, 0.25) is 0 Å². The number of methoxy groups -OCH3 is 1. The maximum atomic E-state index is 12.2. The van der Waals surface area contributed by atoms with Gasteiger partial charge in [0, 0.05) is 12.7 Å². The molecule has 0 saturated heterocycles. The SMILES string of the molecule is COC(=O)c1c(Cn2cc(C(C)(C)C)cn2)nn2c1CCCC2. The minimum Gasteiger partial charge on any atom is -0.465 e. The number of rotatable bonds is 3. The molecule has 0 aromatic carbocycles. The number of fused-ring (bicyclic) bond motifs is 1. The summed E-state index contributed by atoms with van der Waals surface area (Å²) in [6.07, 6.45) is 6.98. The molecule has 3 heterocycles. The molecule has 2 aromatic rings. The molecule has 0 amide bonds. The van der Waals surface area contributed by atoms with E-state index in [1.54, 1.807) is 0 Å². The quantitative estimate of drug-likeness (QED) is 0.817. The standard InChI is InChI=1S/C17H24N4O2/c1-17(2,3)12-9-18-20(10-12)11-13-15(16(22)23-4)14-7-5-6-8-21(14)19-13/h9-10H,5-8,11H2,1-4H3. The van der Waals surface area contributed by atoms with Crippen molar-refractivity contribution in [2.45, 2.75) is 58.5 Å². The molecule has 0 aliphatic carbocycles. The molecule has 0 radical (unpaired) electrons. The first-order valence-corrected chi connectivity index (χ1v) is 8.10. The molecule has 1 aliphatic rings. The first kappa shape index (κ1) is 15.8. The molecule has 0 saturated carbocycles. The molecule has 0 spiro atoms. The fourth-order valence-corrected chi connectivity index (χ4v) is 2.98. The zero-order chi connectivity index (χ0) is 16.6. The van der Waals surface area contributed by atoms with E-state index in [2.05, 4.69) is 31.0 Å². The van der Waals surface area contributed by atoms with Gasteiger partial charge in [0.05, 0.1) is 31.2 Å². The summed E-state index contributed by atoms with van der Waals surface area (Å²) in [7, 11) is 1.42. The Morgan fingerprint density at radius 3 is 2.78 bits per heavy atom. The number of aryl methyl sites for hydroxylation is 1. The molecule has 23 heavy (non-hydrogen) atoms. The number of hydrogen-bond acceptors (Lipinski definition) is 4. The number of nitrogens with zero attached hydrogens (tertiary/aromatic N) is 4. The van der Waals surface area contributed by atoms with E-state index < -0.39 is 0 Å². The van der Waals surface area contributed by atoms with E-state index >= 15 is 0 Å². The Labute approximate surface area is 136 Å². The Kier molecular flexibility index (Phi) is 4.00. The molecule has 0 bridgehead atoms. The van der Waals surface area contributed by atoms with Crippen LogP contribution in [0.2, 0.25) is 0 Å². The monoisotopic (exact) mass is 316 g/mol. The first-order valence-electron chi connectivity index (χ1n) is 8.10. The van der Waals surface area contributed by atoms with Crippen molar-refractivity contribution in [2.24, 2.45) is 0 Å². The van der Waals surface area contributed by atoms with Crippen molar-refractivity contribution in [3.05, 3.63) is 34.9 Å². The van der Waals surface area contributed by atoms with Crippen molar-refractivity contribution < 1.29 is 9.53 Å². The highest BCUT2D eigenvalue weighted by atomic mass is 16.5. The molecule has 0 fully saturated rings.